The molecule has 1 aliphatic heterocycles. The van der Waals surface area contributed by atoms with Crippen LogP contribution in [0.2, 0.25) is 0 Å². The average molecular weight is 212 g/mol. The number of hydrogen-bond donors (Lipinski definition) is 2. The summed E-state index contributed by atoms with van der Waals surface area (Å²) in [5.74, 6) is 0.748. The fourth-order valence-corrected chi connectivity index (χ4v) is 1.80. The molecule has 1 amide bonds. The van der Waals surface area contributed by atoms with Crippen molar-refractivity contribution in [3.8, 4) is 0 Å². The lowest BCUT2D eigenvalue weighted by molar-refractivity contribution is -0.122. The molecule has 1 aliphatic rings. The van der Waals surface area contributed by atoms with Crippen LogP contribution in [-0.4, -0.2) is 25.5 Å². The van der Waals surface area contributed by atoms with Crippen molar-refractivity contribution >= 4 is 5.91 Å². The molecule has 1 atom stereocenters. The lowest BCUT2D eigenvalue weighted by atomic mass is 9.94. The SMILES string of the molecule is CC(C)(C)CNC(=O)CC1CCCNC1. The summed E-state index contributed by atoms with van der Waals surface area (Å²) in [6.07, 6.45) is 3.08. The number of hydrogen-bond acceptors (Lipinski definition) is 2. The number of nitrogens with one attached hydrogen (secondary N) is 2. The molecule has 3 nitrogen and oxygen atoms in total. The lowest BCUT2D eigenvalue weighted by Crippen LogP contribution is -2.36. The minimum absolute atomic E-state index is 0.181. The molecule has 1 rings (SSSR count). The molecule has 0 aromatic carbocycles. The quantitative estimate of drug-likeness (QED) is 0.745. The smallest absolute Gasteiger partial charge is 0.220 e. The lowest BCUT2D eigenvalue weighted by Gasteiger charge is -2.23. The number of rotatable bonds is 3. The second kappa shape index (κ2) is 5.50. The Labute approximate surface area is 93.0 Å². The third-order valence-corrected chi connectivity index (χ3v) is 2.69. The summed E-state index contributed by atoms with van der Waals surface area (Å²) in [4.78, 5) is 11.6. The average Bonchev–Trinajstić information content (AvgIpc) is 2.15. The van der Waals surface area contributed by atoms with Gasteiger partial charge in [0.1, 0.15) is 0 Å². The summed E-state index contributed by atoms with van der Waals surface area (Å²) in [6.45, 7) is 9.29. The summed E-state index contributed by atoms with van der Waals surface area (Å²) in [5.41, 5.74) is 0.181. The van der Waals surface area contributed by atoms with Crippen LogP contribution in [-0.2, 0) is 4.79 Å². The molecule has 0 aliphatic carbocycles. The van der Waals surface area contributed by atoms with Crippen LogP contribution in [0.25, 0.3) is 0 Å². The molecule has 0 saturated carbocycles. The van der Waals surface area contributed by atoms with Gasteiger partial charge in [0.2, 0.25) is 5.91 Å². The monoisotopic (exact) mass is 212 g/mol. The Morgan fingerprint density at radius 1 is 1.47 bits per heavy atom. The maximum atomic E-state index is 11.6. The molecule has 1 unspecified atom stereocenters. The molecule has 88 valence electrons. The molecule has 1 fully saturated rings. The second-order valence-corrected chi connectivity index (χ2v) is 5.75. The molecule has 0 aromatic heterocycles. The second-order valence-electron chi connectivity index (χ2n) is 5.75. The summed E-state index contributed by atoms with van der Waals surface area (Å²) in [7, 11) is 0. The molecule has 1 heterocycles. The maximum Gasteiger partial charge on any atom is 0.220 e. The van der Waals surface area contributed by atoms with Crippen molar-refractivity contribution in [1.29, 1.82) is 0 Å². The molecular weight excluding hydrogens is 188 g/mol. The van der Waals surface area contributed by atoms with Crippen molar-refractivity contribution in [1.82, 2.24) is 10.6 Å². The van der Waals surface area contributed by atoms with Crippen LogP contribution in [0.1, 0.15) is 40.0 Å². The van der Waals surface area contributed by atoms with Crippen LogP contribution in [0.3, 0.4) is 0 Å². The first-order valence-corrected chi connectivity index (χ1v) is 5.95. The molecule has 2 N–H and O–H groups in total. The number of amides is 1. The van der Waals surface area contributed by atoms with E-state index < -0.39 is 0 Å². The maximum absolute atomic E-state index is 11.6. The minimum Gasteiger partial charge on any atom is -0.356 e. The highest BCUT2D eigenvalue weighted by Crippen LogP contribution is 2.14. The van der Waals surface area contributed by atoms with Crippen LogP contribution in [0.15, 0.2) is 0 Å². The van der Waals surface area contributed by atoms with E-state index in [0.29, 0.717) is 12.3 Å². The van der Waals surface area contributed by atoms with Gasteiger partial charge in [-0.1, -0.05) is 20.8 Å². The third kappa shape index (κ3) is 5.78. The van der Waals surface area contributed by atoms with Crippen LogP contribution in [0.5, 0.6) is 0 Å². The van der Waals surface area contributed by atoms with E-state index in [-0.39, 0.29) is 11.3 Å². The Morgan fingerprint density at radius 3 is 2.73 bits per heavy atom. The van der Waals surface area contributed by atoms with Gasteiger partial charge in [-0.15, -0.1) is 0 Å². The number of carbonyl (C=O) groups is 1. The van der Waals surface area contributed by atoms with Gasteiger partial charge in [-0.25, -0.2) is 0 Å². The Hall–Kier alpha value is -0.570. The zero-order valence-corrected chi connectivity index (χ0v) is 10.2. The topological polar surface area (TPSA) is 41.1 Å². The van der Waals surface area contributed by atoms with Gasteiger partial charge in [0.25, 0.3) is 0 Å². The fourth-order valence-electron chi connectivity index (χ4n) is 1.80. The molecule has 0 aromatic rings. The normalized spacial score (nSPS) is 22.5. The minimum atomic E-state index is 0.181. The molecule has 15 heavy (non-hydrogen) atoms. The van der Waals surface area contributed by atoms with Gasteiger partial charge in [0.15, 0.2) is 0 Å². The molecule has 0 spiro atoms. The van der Waals surface area contributed by atoms with Gasteiger partial charge in [-0.3, -0.25) is 4.79 Å². The van der Waals surface area contributed by atoms with E-state index in [4.69, 9.17) is 0 Å². The standard InChI is InChI=1S/C12H24N2O/c1-12(2,3)9-14-11(15)7-10-5-4-6-13-8-10/h10,13H,4-9H2,1-3H3,(H,14,15). The van der Waals surface area contributed by atoms with Crippen molar-refractivity contribution in [2.45, 2.75) is 40.0 Å². The summed E-state index contributed by atoms with van der Waals surface area (Å²) < 4.78 is 0. The fraction of sp³-hybridized carbons (Fsp3) is 0.917. The summed E-state index contributed by atoms with van der Waals surface area (Å²) >= 11 is 0. The zero-order chi connectivity index (χ0) is 11.3. The van der Waals surface area contributed by atoms with Gasteiger partial charge in [0.05, 0.1) is 0 Å². The van der Waals surface area contributed by atoms with Crippen molar-refractivity contribution in [2.24, 2.45) is 11.3 Å². The molecule has 1 saturated heterocycles. The van der Waals surface area contributed by atoms with E-state index in [1.165, 1.54) is 12.8 Å². The van der Waals surface area contributed by atoms with Gasteiger partial charge < -0.3 is 10.6 Å². The Morgan fingerprint density at radius 2 is 2.20 bits per heavy atom. The van der Waals surface area contributed by atoms with E-state index in [2.05, 4.69) is 31.4 Å². The molecular formula is C12H24N2O. The summed E-state index contributed by atoms with van der Waals surface area (Å²) in [5, 5.41) is 6.34. The van der Waals surface area contributed by atoms with Crippen molar-refractivity contribution in [3.63, 3.8) is 0 Å². The highest BCUT2D eigenvalue weighted by atomic mass is 16.1. The van der Waals surface area contributed by atoms with Crippen molar-refractivity contribution in [3.05, 3.63) is 0 Å². The predicted molar refractivity (Wildman–Crippen MR) is 62.7 cm³/mol. The highest BCUT2D eigenvalue weighted by Gasteiger charge is 2.18. The van der Waals surface area contributed by atoms with E-state index in [9.17, 15) is 4.79 Å². The first kappa shape index (κ1) is 12.5. The Kier molecular flexibility index (Phi) is 4.58. The van der Waals surface area contributed by atoms with Crippen LogP contribution < -0.4 is 10.6 Å². The highest BCUT2D eigenvalue weighted by molar-refractivity contribution is 5.76. The van der Waals surface area contributed by atoms with Gasteiger partial charge in [0, 0.05) is 13.0 Å². The Bertz CT molecular complexity index is 202. The zero-order valence-electron chi connectivity index (χ0n) is 10.2. The van der Waals surface area contributed by atoms with Crippen molar-refractivity contribution < 1.29 is 4.79 Å². The van der Waals surface area contributed by atoms with Crippen molar-refractivity contribution in [2.75, 3.05) is 19.6 Å². The van der Waals surface area contributed by atoms with Crippen LogP contribution >= 0.6 is 0 Å². The molecule has 3 heteroatoms. The number of piperidine rings is 1. The van der Waals surface area contributed by atoms with E-state index in [1.807, 2.05) is 0 Å². The largest absolute Gasteiger partial charge is 0.356 e. The molecule has 0 radical (unpaired) electrons. The van der Waals surface area contributed by atoms with Crippen LogP contribution in [0.4, 0.5) is 0 Å². The third-order valence-electron chi connectivity index (χ3n) is 2.69. The first-order chi connectivity index (χ1) is 6.97. The van der Waals surface area contributed by atoms with Gasteiger partial charge in [-0.2, -0.15) is 0 Å². The van der Waals surface area contributed by atoms with E-state index in [0.717, 1.165) is 19.6 Å². The van der Waals surface area contributed by atoms with E-state index in [1.54, 1.807) is 0 Å². The van der Waals surface area contributed by atoms with E-state index >= 15 is 0 Å². The van der Waals surface area contributed by atoms with Gasteiger partial charge in [-0.05, 0) is 37.3 Å². The molecule has 0 bridgehead atoms. The Balaban J connectivity index is 2.17. The van der Waals surface area contributed by atoms with Crippen LogP contribution in [0, 0.1) is 11.3 Å². The predicted octanol–water partition coefficient (Wildman–Crippen LogP) is 1.54. The van der Waals surface area contributed by atoms with Gasteiger partial charge >= 0.3 is 0 Å². The first-order valence-electron chi connectivity index (χ1n) is 5.95. The summed E-state index contributed by atoms with van der Waals surface area (Å²) in [6, 6.07) is 0. The number of carbonyl (C=O) groups excluding carboxylic acids is 1.